The van der Waals surface area contributed by atoms with Crippen LogP contribution < -0.4 is 0 Å². The van der Waals surface area contributed by atoms with E-state index in [-0.39, 0.29) is 13.2 Å². The van der Waals surface area contributed by atoms with Gasteiger partial charge in [0.05, 0.1) is 13.2 Å². The van der Waals surface area contributed by atoms with E-state index in [0.29, 0.717) is 6.42 Å². The largest absolute Gasteiger partial charge is 0.401 e. The molecule has 0 atom stereocenters. The van der Waals surface area contributed by atoms with Crippen molar-refractivity contribution in [2.45, 2.75) is 19.1 Å². The SMILES string of the molecule is CN(Cc1cccc(C#CCCO)c1)CC(F)(F)F. The summed E-state index contributed by atoms with van der Waals surface area (Å²) >= 11 is 0. The molecule has 0 saturated heterocycles. The van der Waals surface area contributed by atoms with Gasteiger partial charge in [0, 0.05) is 18.5 Å². The van der Waals surface area contributed by atoms with Crippen LogP contribution in [0, 0.1) is 11.8 Å². The zero-order valence-electron chi connectivity index (χ0n) is 10.7. The first kappa shape index (κ1) is 15.5. The van der Waals surface area contributed by atoms with Crippen LogP contribution in [0.25, 0.3) is 0 Å². The molecule has 0 unspecified atom stereocenters. The first-order valence-corrected chi connectivity index (χ1v) is 5.84. The van der Waals surface area contributed by atoms with Gasteiger partial charge in [-0.1, -0.05) is 24.0 Å². The molecular formula is C14H16F3NO. The van der Waals surface area contributed by atoms with Crippen molar-refractivity contribution in [1.29, 1.82) is 0 Å². The molecule has 0 fully saturated rings. The number of hydrogen-bond donors (Lipinski definition) is 1. The van der Waals surface area contributed by atoms with Gasteiger partial charge in [-0.2, -0.15) is 13.2 Å². The second kappa shape index (κ2) is 7.17. The fourth-order valence-corrected chi connectivity index (χ4v) is 1.64. The van der Waals surface area contributed by atoms with Gasteiger partial charge in [-0.15, -0.1) is 0 Å². The van der Waals surface area contributed by atoms with Gasteiger partial charge in [-0.25, -0.2) is 0 Å². The molecule has 1 aromatic rings. The molecule has 0 aliphatic rings. The molecule has 0 saturated carbocycles. The molecule has 104 valence electrons. The number of benzene rings is 1. The lowest BCUT2D eigenvalue weighted by atomic mass is 10.1. The summed E-state index contributed by atoms with van der Waals surface area (Å²) in [5, 5.41) is 8.61. The molecule has 19 heavy (non-hydrogen) atoms. The summed E-state index contributed by atoms with van der Waals surface area (Å²) < 4.78 is 36.6. The number of aliphatic hydroxyl groups is 1. The lowest BCUT2D eigenvalue weighted by Crippen LogP contribution is -2.30. The third-order valence-electron chi connectivity index (χ3n) is 2.30. The predicted molar refractivity (Wildman–Crippen MR) is 67.4 cm³/mol. The number of aliphatic hydroxyl groups excluding tert-OH is 1. The van der Waals surface area contributed by atoms with Crippen molar-refractivity contribution in [2.75, 3.05) is 20.2 Å². The lowest BCUT2D eigenvalue weighted by Gasteiger charge is -2.18. The predicted octanol–water partition coefficient (Wildman–Crippen LogP) is 2.41. The van der Waals surface area contributed by atoms with Crippen LogP contribution in [0.2, 0.25) is 0 Å². The summed E-state index contributed by atoms with van der Waals surface area (Å²) in [6.07, 6.45) is -3.80. The molecule has 0 radical (unpaired) electrons. The van der Waals surface area contributed by atoms with Crippen molar-refractivity contribution in [3.8, 4) is 11.8 Å². The zero-order valence-corrected chi connectivity index (χ0v) is 10.7. The smallest absolute Gasteiger partial charge is 0.395 e. The molecule has 0 aromatic heterocycles. The maximum Gasteiger partial charge on any atom is 0.401 e. The van der Waals surface area contributed by atoms with E-state index in [1.807, 2.05) is 0 Å². The van der Waals surface area contributed by atoms with E-state index in [2.05, 4.69) is 11.8 Å². The standard InChI is InChI=1S/C14H16F3NO/c1-18(11-14(15,16)17)10-13-7-4-6-12(9-13)5-2-3-8-19/h4,6-7,9,19H,3,8,10-11H2,1H3. The Morgan fingerprint density at radius 2 is 2.05 bits per heavy atom. The molecule has 5 heteroatoms. The van der Waals surface area contributed by atoms with Crippen molar-refractivity contribution >= 4 is 0 Å². The zero-order chi connectivity index (χ0) is 14.3. The van der Waals surface area contributed by atoms with E-state index in [4.69, 9.17) is 5.11 Å². The van der Waals surface area contributed by atoms with Crippen LogP contribution in [0.5, 0.6) is 0 Å². The Balaban J connectivity index is 2.65. The minimum absolute atomic E-state index is 0.00100. The van der Waals surface area contributed by atoms with Crippen molar-refractivity contribution < 1.29 is 18.3 Å². The lowest BCUT2D eigenvalue weighted by molar-refractivity contribution is -0.144. The molecule has 0 spiro atoms. The minimum Gasteiger partial charge on any atom is -0.395 e. The van der Waals surface area contributed by atoms with Crippen LogP contribution in [0.1, 0.15) is 17.5 Å². The monoisotopic (exact) mass is 271 g/mol. The van der Waals surface area contributed by atoms with E-state index < -0.39 is 12.7 Å². The Bertz CT molecular complexity index is 460. The van der Waals surface area contributed by atoms with Gasteiger partial charge in [0.2, 0.25) is 0 Å². The maximum atomic E-state index is 12.2. The fourth-order valence-electron chi connectivity index (χ4n) is 1.64. The highest BCUT2D eigenvalue weighted by atomic mass is 19.4. The summed E-state index contributed by atoms with van der Waals surface area (Å²) in [5.41, 5.74) is 1.52. The van der Waals surface area contributed by atoms with E-state index in [1.54, 1.807) is 24.3 Å². The molecule has 1 N–H and O–H groups in total. The highest BCUT2D eigenvalue weighted by Crippen LogP contribution is 2.17. The van der Waals surface area contributed by atoms with Crippen LogP contribution in [-0.4, -0.2) is 36.4 Å². The highest BCUT2D eigenvalue weighted by molar-refractivity contribution is 5.37. The molecule has 0 aliphatic carbocycles. The Labute approximate surface area is 110 Å². The van der Waals surface area contributed by atoms with E-state index in [0.717, 1.165) is 11.1 Å². The third kappa shape index (κ3) is 6.85. The van der Waals surface area contributed by atoms with E-state index >= 15 is 0 Å². The topological polar surface area (TPSA) is 23.5 Å². The van der Waals surface area contributed by atoms with Crippen LogP contribution in [-0.2, 0) is 6.54 Å². The van der Waals surface area contributed by atoms with Crippen molar-refractivity contribution in [3.63, 3.8) is 0 Å². The van der Waals surface area contributed by atoms with Gasteiger partial charge < -0.3 is 5.11 Å². The van der Waals surface area contributed by atoms with Crippen LogP contribution in [0.3, 0.4) is 0 Å². The van der Waals surface area contributed by atoms with Gasteiger partial charge in [0.25, 0.3) is 0 Å². The Morgan fingerprint density at radius 1 is 1.32 bits per heavy atom. The summed E-state index contributed by atoms with van der Waals surface area (Å²) in [4.78, 5) is 1.21. The molecule has 0 amide bonds. The third-order valence-corrected chi connectivity index (χ3v) is 2.30. The second-order valence-electron chi connectivity index (χ2n) is 4.26. The molecule has 0 bridgehead atoms. The molecule has 1 aromatic carbocycles. The second-order valence-corrected chi connectivity index (χ2v) is 4.26. The number of alkyl halides is 3. The summed E-state index contributed by atoms with van der Waals surface area (Å²) in [6.45, 7) is -0.719. The average Bonchev–Trinajstić information content (AvgIpc) is 2.27. The summed E-state index contributed by atoms with van der Waals surface area (Å²) in [5.74, 6) is 5.63. The quantitative estimate of drug-likeness (QED) is 0.850. The van der Waals surface area contributed by atoms with Gasteiger partial charge >= 0.3 is 6.18 Å². The Morgan fingerprint density at radius 3 is 2.68 bits per heavy atom. The first-order valence-electron chi connectivity index (χ1n) is 5.84. The highest BCUT2D eigenvalue weighted by Gasteiger charge is 2.28. The summed E-state index contributed by atoms with van der Waals surface area (Å²) in [6, 6.07) is 7.08. The van der Waals surface area contributed by atoms with Gasteiger partial charge in [0.15, 0.2) is 0 Å². The minimum atomic E-state index is -4.19. The molecule has 1 rings (SSSR count). The fraction of sp³-hybridized carbons (Fsp3) is 0.429. The van der Waals surface area contributed by atoms with E-state index in [1.165, 1.54) is 11.9 Å². The summed E-state index contributed by atoms with van der Waals surface area (Å²) in [7, 11) is 1.43. The first-order chi connectivity index (χ1) is 8.90. The molecule has 2 nitrogen and oxygen atoms in total. The van der Waals surface area contributed by atoms with Crippen LogP contribution in [0.15, 0.2) is 24.3 Å². The van der Waals surface area contributed by atoms with Crippen molar-refractivity contribution in [3.05, 3.63) is 35.4 Å². The maximum absolute atomic E-state index is 12.2. The number of nitrogens with zero attached hydrogens (tertiary/aromatic N) is 1. The van der Waals surface area contributed by atoms with Crippen LogP contribution in [0.4, 0.5) is 13.2 Å². The normalized spacial score (nSPS) is 11.3. The molecule has 0 aliphatic heterocycles. The van der Waals surface area contributed by atoms with Crippen molar-refractivity contribution in [1.82, 2.24) is 4.90 Å². The number of rotatable bonds is 4. The van der Waals surface area contributed by atoms with Crippen LogP contribution >= 0.6 is 0 Å². The van der Waals surface area contributed by atoms with E-state index in [9.17, 15) is 13.2 Å². The average molecular weight is 271 g/mol. The van der Waals surface area contributed by atoms with Gasteiger partial charge in [-0.05, 0) is 24.7 Å². The van der Waals surface area contributed by atoms with Crippen molar-refractivity contribution in [2.24, 2.45) is 0 Å². The number of halogens is 3. The Kier molecular flexibility index (Phi) is 5.87. The Hall–Kier alpha value is -1.51. The molecular weight excluding hydrogens is 255 g/mol. The van der Waals surface area contributed by atoms with Gasteiger partial charge in [0.1, 0.15) is 0 Å². The van der Waals surface area contributed by atoms with Gasteiger partial charge in [-0.3, -0.25) is 4.90 Å². The number of hydrogen-bond acceptors (Lipinski definition) is 2. The molecule has 0 heterocycles.